The fourth-order valence-electron chi connectivity index (χ4n) is 5.89. The minimum Gasteiger partial charge on any atom is -0.0654 e. The molecule has 0 saturated heterocycles. The predicted molar refractivity (Wildman–Crippen MR) is 165 cm³/mol. The molecule has 0 spiro atoms. The molecular formula is C38H40. The summed E-state index contributed by atoms with van der Waals surface area (Å²) >= 11 is 0. The Bertz CT molecular complexity index is 1540. The van der Waals surface area contributed by atoms with Crippen LogP contribution in [0.4, 0.5) is 0 Å². The Labute approximate surface area is 228 Å². The van der Waals surface area contributed by atoms with Crippen LogP contribution in [0.25, 0.3) is 22.3 Å². The van der Waals surface area contributed by atoms with Gasteiger partial charge < -0.3 is 0 Å². The van der Waals surface area contributed by atoms with Crippen molar-refractivity contribution in [2.45, 2.75) is 66.2 Å². The van der Waals surface area contributed by atoms with Gasteiger partial charge in [0.05, 0.1) is 0 Å². The number of hydrogen-bond acceptors (Lipinski definition) is 0. The zero-order chi connectivity index (χ0) is 26.5. The molecule has 1 aliphatic rings. The van der Waals surface area contributed by atoms with Crippen molar-refractivity contribution in [3.63, 3.8) is 0 Å². The first-order valence-corrected chi connectivity index (χ1v) is 14.4. The molecule has 4 aromatic rings. The van der Waals surface area contributed by atoms with Crippen LogP contribution in [0.2, 0.25) is 0 Å². The van der Waals surface area contributed by atoms with E-state index in [-0.39, 0.29) is 0 Å². The maximum absolute atomic E-state index is 2.35. The average molecular weight is 497 g/mol. The molecule has 1 aliphatic carbocycles. The van der Waals surface area contributed by atoms with Crippen molar-refractivity contribution in [1.29, 1.82) is 0 Å². The van der Waals surface area contributed by atoms with Crippen LogP contribution in [0.15, 0.2) is 97.1 Å². The molecule has 0 atom stereocenters. The van der Waals surface area contributed by atoms with Gasteiger partial charge in [-0.2, -0.15) is 0 Å². The Kier molecular flexibility index (Phi) is 8.08. The third kappa shape index (κ3) is 5.18. The van der Waals surface area contributed by atoms with Crippen LogP contribution in [0.5, 0.6) is 0 Å². The first-order valence-electron chi connectivity index (χ1n) is 14.4. The summed E-state index contributed by atoms with van der Waals surface area (Å²) in [7, 11) is 0. The van der Waals surface area contributed by atoms with Gasteiger partial charge in [0.25, 0.3) is 0 Å². The number of aryl methyl sites for hydroxylation is 2. The van der Waals surface area contributed by atoms with Crippen molar-refractivity contribution in [2.75, 3.05) is 0 Å². The SMILES string of the molecule is CCCCc1ccc(C2=C(c3ccc(CCCC)cc3)/C(C)=c3/cccc/c3=c3\cccc\c3=C\2C)cc1. The van der Waals surface area contributed by atoms with Gasteiger partial charge in [0, 0.05) is 0 Å². The van der Waals surface area contributed by atoms with Crippen LogP contribution in [0, 0.1) is 10.4 Å². The Morgan fingerprint density at radius 2 is 0.763 bits per heavy atom. The summed E-state index contributed by atoms with van der Waals surface area (Å²) < 4.78 is 0. The van der Waals surface area contributed by atoms with Gasteiger partial charge in [-0.1, -0.05) is 124 Å². The standard InChI is InChI=1S/C38H40/c1-5-7-13-29-19-23-31(24-20-29)37-27(3)33-15-9-11-17-35(33)36-18-12-10-16-34(36)28(4)38(37)32-25-21-30(22-26-32)14-8-6-2/h9-12,15-26H,5-8,13-14H2,1-4H3/b33-27-,34-28-,36-35-,37-27?,38-28?,38-37-. The summed E-state index contributed by atoms with van der Waals surface area (Å²) in [6.07, 6.45) is 7.21. The molecule has 0 nitrogen and oxygen atoms in total. The number of hydrogen-bond donors (Lipinski definition) is 0. The van der Waals surface area contributed by atoms with Crippen molar-refractivity contribution in [2.24, 2.45) is 0 Å². The second kappa shape index (κ2) is 11.8. The van der Waals surface area contributed by atoms with Crippen LogP contribution in [-0.4, -0.2) is 0 Å². The zero-order valence-electron chi connectivity index (χ0n) is 23.5. The molecule has 0 bridgehead atoms. The number of allylic oxidation sites excluding steroid dienone is 2. The zero-order valence-corrected chi connectivity index (χ0v) is 23.5. The van der Waals surface area contributed by atoms with Gasteiger partial charge in [-0.05, 0) is 105 Å². The Morgan fingerprint density at radius 3 is 1.11 bits per heavy atom. The molecule has 38 heavy (non-hydrogen) atoms. The van der Waals surface area contributed by atoms with Gasteiger partial charge in [0.2, 0.25) is 0 Å². The van der Waals surface area contributed by atoms with Crippen molar-refractivity contribution >= 4 is 22.3 Å². The van der Waals surface area contributed by atoms with Gasteiger partial charge in [0.15, 0.2) is 0 Å². The molecule has 4 aromatic carbocycles. The van der Waals surface area contributed by atoms with E-state index in [1.165, 1.54) is 91.1 Å². The minimum absolute atomic E-state index is 1.14. The summed E-state index contributed by atoms with van der Waals surface area (Å²) in [5, 5.41) is 5.25. The van der Waals surface area contributed by atoms with Gasteiger partial charge in [-0.3, -0.25) is 0 Å². The molecule has 0 heterocycles. The lowest BCUT2D eigenvalue weighted by atomic mass is 9.82. The summed E-state index contributed by atoms with van der Waals surface area (Å²) in [6, 6.07) is 36.6. The topological polar surface area (TPSA) is 0 Å². The lowest BCUT2D eigenvalue weighted by Crippen LogP contribution is -2.17. The highest BCUT2D eigenvalue weighted by molar-refractivity contribution is 6.20. The average Bonchev–Trinajstić information content (AvgIpc) is 2.97. The van der Waals surface area contributed by atoms with Crippen LogP contribution >= 0.6 is 0 Å². The van der Waals surface area contributed by atoms with E-state index in [1.807, 2.05) is 0 Å². The largest absolute Gasteiger partial charge is 0.0654 e. The van der Waals surface area contributed by atoms with E-state index in [2.05, 4.69) is 125 Å². The maximum Gasteiger partial charge on any atom is -0.00670 e. The van der Waals surface area contributed by atoms with E-state index in [0.717, 1.165) is 12.8 Å². The van der Waals surface area contributed by atoms with E-state index < -0.39 is 0 Å². The Hall–Kier alpha value is -3.64. The molecule has 0 amide bonds. The van der Waals surface area contributed by atoms with Crippen LogP contribution in [0.3, 0.4) is 0 Å². The Morgan fingerprint density at radius 1 is 0.421 bits per heavy atom. The molecule has 192 valence electrons. The molecule has 0 aliphatic heterocycles. The quantitative estimate of drug-likeness (QED) is 0.229. The lowest BCUT2D eigenvalue weighted by molar-refractivity contribution is 0.795. The third-order valence-electron chi connectivity index (χ3n) is 8.08. The molecule has 0 heteroatoms. The minimum atomic E-state index is 1.14. The highest BCUT2D eigenvalue weighted by atomic mass is 14.2. The first kappa shape index (κ1) is 26.0. The monoisotopic (exact) mass is 496 g/mol. The highest BCUT2D eigenvalue weighted by Crippen LogP contribution is 2.38. The van der Waals surface area contributed by atoms with E-state index in [0.29, 0.717) is 0 Å². The van der Waals surface area contributed by atoms with Crippen LogP contribution in [-0.2, 0) is 12.8 Å². The summed E-state index contributed by atoms with van der Waals surface area (Å²) in [5.74, 6) is 0. The molecule has 0 radical (unpaired) electrons. The van der Waals surface area contributed by atoms with Gasteiger partial charge in [-0.25, -0.2) is 0 Å². The van der Waals surface area contributed by atoms with E-state index in [4.69, 9.17) is 0 Å². The van der Waals surface area contributed by atoms with Crippen molar-refractivity contribution in [3.8, 4) is 0 Å². The molecule has 0 unspecified atom stereocenters. The molecule has 5 rings (SSSR count). The van der Waals surface area contributed by atoms with E-state index in [9.17, 15) is 0 Å². The van der Waals surface area contributed by atoms with Crippen molar-refractivity contribution in [3.05, 3.63) is 140 Å². The summed E-state index contributed by atoms with van der Waals surface area (Å²) in [4.78, 5) is 0. The highest BCUT2D eigenvalue weighted by Gasteiger charge is 2.18. The van der Waals surface area contributed by atoms with Crippen molar-refractivity contribution < 1.29 is 0 Å². The maximum atomic E-state index is 2.35. The van der Waals surface area contributed by atoms with Crippen LogP contribution in [0.1, 0.15) is 75.6 Å². The molecular weight excluding hydrogens is 456 g/mol. The number of fused-ring (bicyclic) bond motifs is 2. The van der Waals surface area contributed by atoms with Gasteiger partial charge >= 0.3 is 0 Å². The summed E-state index contributed by atoms with van der Waals surface area (Å²) in [6.45, 7) is 9.16. The summed E-state index contributed by atoms with van der Waals surface area (Å²) in [5.41, 5.74) is 10.8. The first-order chi connectivity index (χ1) is 18.6. The Balaban J connectivity index is 1.86. The van der Waals surface area contributed by atoms with E-state index >= 15 is 0 Å². The van der Waals surface area contributed by atoms with Crippen molar-refractivity contribution in [1.82, 2.24) is 0 Å². The number of benzene rings is 4. The normalized spacial score (nSPS) is 18.8. The molecule has 0 aromatic heterocycles. The third-order valence-corrected chi connectivity index (χ3v) is 8.08. The predicted octanol–water partition coefficient (Wildman–Crippen LogP) is 8.62. The van der Waals surface area contributed by atoms with Gasteiger partial charge in [-0.15, -0.1) is 0 Å². The fourth-order valence-corrected chi connectivity index (χ4v) is 5.89. The molecule has 0 fully saturated rings. The lowest BCUT2D eigenvalue weighted by Gasteiger charge is -2.21. The second-order valence-electron chi connectivity index (χ2n) is 10.7. The number of unbranched alkanes of at least 4 members (excludes halogenated alkanes) is 2. The van der Waals surface area contributed by atoms with Crippen LogP contribution < -0.4 is 10.4 Å². The fraction of sp³-hybridized carbons (Fsp3) is 0.263. The second-order valence-corrected chi connectivity index (χ2v) is 10.7. The number of rotatable bonds is 8. The molecule has 0 N–H and O–H groups in total. The van der Waals surface area contributed by atoms with Gasteiger partial charge in [0.1, 0.15) is 0 Å². The molecule has 0 saturated carbocycles. The van der Waals surface area contributed by atoms with E-state index in [1.54, 1.807) is 0 Å². The smallest absolute Gasteiger partial charge is 0.00670 e.